The molecule has 0 atom stereocenters. The Morgan fingerprint density at radius 3 is 2.32 bits per heavy atom. The van der Waals surface area contributed by atoms with Crippen molar-refractivity contribution in [3.05, 3.63) is 87.1 Å². The van der Waals surface area contributed by atoms with Crippen molar-refractivity contribution in [3.8, 4) is 28.0 Å². The molecule has 31 heavy (non-hydrogen) atoms. The third kappa shape index (κ3) is 4.15. The number of nitrogens with one attached hydrogen (secondary N) is 1. The molecule has 0 spiro atoms. The molecule has 0 fully saturated rings. The van der Waals surface area contributed by atoms with Gasteiger partial charge in [0.2, 0.25) is 0 Å². The number of pyridine rings is 1. The van der Waals surface area contributed by atoms with E-state index in [2.05, 4.69) is 4.98 Å². The highest BCUT2D eigenvalue weighted by Crippen LogP contribution is 2.39. The molecule has 0 saturated carbocycles. The SMILES string of the molecule is CN(C)C(=O)Oc1c(-c2cc(-c3ccc(Cl)cc3)ccc2Cl)c(=O)[nH]c2ccccc12. The fourth-order valence-corrected chi connectivity index (χ4v) is 3.62. The number of halogens is 2. The number of carbonyl (C=O) groups is 1. The van der Waals surface area contributed by atoms with Crippen LogP contribution in [0, 0.1) is 0 Å². The number of rotatable bonds is 3. The van der Waals surface area contributed by atoms with Gasteiger partial charge in [-0.25, -0.2) is 4.79 Å². The fraction of sp³-hybridized carbons (Fsp3) is 0.0833. The number of hydrogen-bond acceptors (Lipinski definition) is 3. The lowest BCUT2D eigenvalue weighted by atomic mass is 9.98. The summed E-state index contributed by atoms with van der Waals surface area (Å²) in [5, 5.41) is 1.59. The third-order valence-electron chi connectivity index (χ3n) is 4.84. The van der Waals surface area contributed by atoms with E-state index in [4.69, 9.17) is 27.9 Å². The number of carbonyl (C=O) groups excluding carboxylic acids is 1. The van der Waals surface area contributed by atoms with E-state index in [9.17, 15) is 9.59 Å². The zero-order valence-corrected chi connectivity index (χ0v) is 18.3. The topological polar surface area (TPSA) is 62.4 Å². The molecule has 5 nitrogen and oxygen atoms in total. The van der Waals surface area contributed by atoms with E-state index in [-0.39, 0.29) is 11.3 Å². The van der Waals surface area contributed by atoms with E-state index in [1.807, 2.05) is 24.3 Å². The molecule has 7 heteroatoms. The van der Waals surface area contributed by atoms with Gasteiger partial charge in [0.1, 0.15) is 0 Å². The van der Waals surface area contributed by atoms with Gasteiger partial charge < -0.3 is 14.6 Å². The van der Waals surface area contributed by atoms with Gasteiger partial charge in [0.15, 0.2) is 5.75 Å². The van der Waals surface area contributed by atoms with E-state index in [0.717, 1.165) is 11.1 Å². The van der Waals surface area contributed by atoms with Crippen LogP contribution in [-0.2, 0) is 0 Å². The minimum absolute atomic E-state index is 0.160. The molecule has 156 valence electrons. The molecule has 0 aliphatic carbocycles. The third-order valence-corrected chi connectivity index (χ3v) is 5.42. The molecule has 0 saturated heterocycles. The summed E-state index contributed by atoms with van der Waals surface area (Å²) in [5.41, 5.74) is 2.55. The van der Waals surface area contributed by atoms with Crippen molar-refractivity contribution in [2.24, 2.45) is 0 Å². The maximum absolute atomic E-state index is 13.1. The average molecular weight is 453 g/mol. The first kappa shape index (κ1) is 21.0. The molecule has 0 unspecified atom stereocenters. The zero-order chi connectivity index (χ0) is 22.1. The predicted octanol–water partition coefficient (Wildman–Crippen LogP) is 6.23. The molecule has 3 aromatic carbocycles. The normalized spacial score (nSPS) is 10.8. The highest BCUT2D eigenvalue weighted by Gasteiger charge is 2.22. The van der Waals surface area contributed by atoms with Gasteiger partial charge in [-0.3, -0.25) is 4.79 Å². The molecule has 4 rings (SSSR count). The number of benzene rings is 3. The smallest absolute Gasteiger partial charge is 0.409 e. The molecule has 0 bridgehead atoms. The minimum atomic E-state index is -0.595. The largest absolute Gasteiger partial charge is 0.414 e. The highest BCUT2D eigenvalue weighted by molar-refractivity contribution is 6.33. The zero-order valence-electron chi connectivity index (χ0n) is 16.8. The first-order valence-corrected chi connectivity index (χ1v) is 10.2. The molecule has 1 amide bonds. The van der Waals surface area contributed by atoms with Crippen LogP contribution >= 0.6 is 23.2 Å². The summed E-state index contributed by atoms with van der Waals surface area (Å²) in [6.07, 6.45) is -0.595. The molecule has 0 radical (unpaired) electrons. The molecule has 4 aromatic rings. The van der Waals surface area contributed by atoms with Crippen LogP contribution in [0.3, 0.4) is 0 Å². The number of aromatic nitrogens is 1. The number of ether oxygens (including phenoxy) is 1. The Morgan fingerprint density at radius 1 is 0.935 bits per heavy atom. The Hall–Kier alpha value is -3.28. The number of para-hydroxylation sites is 1. The van der Waals surface area contributed by atoms with Crippen molar-refractivity contribution in [2.45, 2.75) is 0 Å². The molecule has 0 aliphatic heterocycles. The predicted molar refractivity (Wildman–Crippen MR) is 125 cm³/mol. The highest BCUT2D eigenvalue weighted by atomic mass is 35.5. The molecule has 1 heterocycles. The van der Waals surface area contributed by atoms with Crippen LogP contribution in [0.1, 0.15) is 0 Å². The monoisotopic (exact) mass is 452 g/mol. The van der Waals surface area contributed by atoms with E-state index >= 15 is 0 Å². The Labute approximate surface area is 188 Å². The second-order valence-corrected chi connectivity index (χ2v) is 8.01. The summed E-state index contributed by atoms with van der Waals surface area (Å²) in [7, 11) is 3.15. The van der Waals surface area contributed by atoms with E-state index in [0.29, 0.717) is 26.5 Å². The molecule has 0 aliphatic rings. The Bertz CT molecular complexity index is 1350. The first-order chi connectivity index (χ1) is 14.8. The fourth-order valence-electron chi connectivity index (χ4n) is 3.28. The lowest BCUT2D eigenvalue weighted by molar-refractivity contribution is 0.172. The standard InChI is InChI=1S/C24H18Cl2N2O3/c1-28(2)24(30)31-22-17-5-3-4-6-20(17)27-23(29)21(22)18-13-15(9-12-19(18)26)14-7-10-16(25)11-8-14/h3-13H,1-2H3,(H,27,29). The molecule has 1 N–H and O–H groups in total. The summed E-state index contributed by atoms with van der Waals surface area (Å²) in [5.74, 6) is 0.160. The molecule has 1 aromatic heterocycles. The van der Waals surface area contributed by atoms with Crippen LogP contribution < -0.4 is 10.3 Å². The average Bonchev–Trinajstić information content (AvgIpc) is 2.75. The van der Waals surface area contributed by atoms with Crippen LogP contribution in [0.2, 0.25) is 10.0 Å². The number of H-pyrrole nitrogens is 1. The van der Waals surface area contributed by atoms with Crippen LogP contribution in [0.25, 0.3) is 33.2 Å². The van der Waals surface area contributed by atoms with Gasteiger partial charge in [-0.1, -0.05) is 53.5 Å². The van der Waals surface area contributed by atoms with Crippen molar-refractivity contribution in [1.29, 1.82) is 0 Å². The number of amides is 1. The van der Waals surface area contributed by atoms with Crippen LogP contribution in [0.15, 0.2) is 71.5 Å². The Balaban J connectivity index is 1.98. The van der Waals surface area contributed by atoms with Crippen molar-refractivity contribution < 1.29 is 9.53 Å². The van der Waals surface area contributed by atoms with E-state index in [1.165, 1.54) is 4.90 Å². The van der Waals surface area contributed by atoms with Gasteiger partial charge in [-0.05, 0) is 47.5 Å². The molecular weight excluding hydrogens is 435 g/mol. The van der Waals surface area contributed by atoms with Gasteiger partial charge in [-0.15, -0.1) is 0 Å². The van der Waals surface area contributed by atoms with Crippen LogP contribution in [0.4, 0.5) is 4.79 Å². The number of nitrogens with zero attached hydrogens (tertiary/aromatic N) is 1. The first-order valence-electron chi connectivity index (χ1n) is 9.45. The van der Waals surface area contributed by atoms with Gasteiger partial charge >= 0.3 is 6.09 Å². The van der Waals surface area contributed by atoms with Crippen molar-refractivity contribution in [1.82, 2.24) is 9.88 Å². The lowest BCUT2D eigenvalue weighted by Crippen LogP contribution is -2.26. The van der Waals surface area contributed by atoms with Gasteiger partial charge in [0, 0.05) is 35.1 Å². The number of aromatic amines is 1. The van der Waals surface area contributed by atoms with Crippen molar-refractivity contribution >= 4 is 40.2 Å². The summed E-state index contributed by atoms with van der Waals surface area (Å²) in [4.78, 5) is 29.7. The van der Waals surface area contributed by atoms with Crippen molar-refractivity contribution in [2.75, 3.05) is 14.1 Å². The second kappa shape index (κ2) is 8.46. The lowest BCUT2D eigenvalue weighted by Gasteiger charge is -2.17. The van der Waals surface area contributed by atoms with Crippen LogP contribution in [0.5, 0.6) is 5.75 Å². The second-order valence-electron chi connectivity index (χ2n) is 7.17. The van der Waals surface area contributed by atoms with Gasteiger partial charge in [0.05, 0.1) is 11.1 Å². The number of hydrogen-bond donors (Lipinski definition) is 1. The minimum Gasteiger partial charge on any atom is -0.409 e. The molecular formula is C24H18Cl2N2O3. The maximum atomic E-state index is 13.1. The summed E-state index contributed by atoms with van der Waals surface area (Å²) >= 11 is 12.5. The summed E-state index contributed by atoms with van der Waals surface area (Å²) in [6, 6.07) is 19.9. The van der Waals surface area contributed by atoms with Gasteiger partial charge in [0.25, 0.3) is 5.56 Å². The van der Waals surface area contributed by atoms with Crippen LogP contribution in [-0.4, -0.2) is 30.1 Å². The van der Waals surface area contributed by atoms with Gasteiger partial charge in [-0.2, -0.15) is 0 Å². The quantitative estimate of drug-likeness (QED) is 0.400. The number of fused-ring (bicyclic) bond motifs is 1. The summed E-state index contributed by atoms with van der Waals surface area (Å²) in [6.45, 7) is 0. The Kier molecular flexibility index (Phi) is 5.72. The maximum Gasteiger partial charge on any atom is 0.414 e. The van der Waals surface area contributed by atoms with Crippen molar-refractivity contribution in [3.63, 3.8) is 0 Å². The van der Waals surface area contributed by atoms with E-state index in [1.54, 1.807) is 56.6 Å². The summed E-state index contributed by atoms with van der Waals surface area (Å²) < 4.78 is 5.66. The Morgan fingerprint density at radius 2 is 1.61 bits per heavy atom. The van der Waals surface area contributed by atoms with E-state index < -0.39 is 11.7 Å².